The number of anilines is 1. The van der Waals surface area contributed by atoms with Crippen LogP contribution in [0.4, 0.5) is 10.7 Å². The van der Waals surface area contributed by atoms with Gasteiger partial charge >= 0.3 is 12.0 Å². The van der Waals surface area contributed by atoms with Crippen LogP contribution in [0.2, 0.25) is 0 Å². The molecular formula is C17H22N6O3. The molecule has 0 atom stereocenters. The Kier molecular flexibility index (Phi) is 4.46. The number of carboxylic acid groups (broad SMARTS) is 1. The minimum absolute atomic E-state index is 0.0486. The molecule has 0 spiro atoms. The summed E-state index contributed by atoms with van der Waals surface area (Å²) in [6, 6.07) is 5.44. The van der Waals surface area contributed by atoms with Gasteiger partial charge in [0, 0.05) is 24.8 Å². The van der Waals surface area contributed by atoms with Gasteiger partial charge in [0.05, 0.1) is 6.54 Å². The van der Waals surface area contributed by atoms with Gasteiger partial charge < -0.3 is 10.4 Å². The predicted molar refractivity (Wildman–Crippen MR) is 93.9 cm³/mol. The van der Waals surface area contributed by atoms with Gasteiger partial charge in [0.25, 0.3) is 5.95 Å². The third kappa shape index (κ3) is 3.93. The van der Waals surface area contributed by atoms with Crippen LogP contribution in [-0.2, 0) is 4.79 Å². The number of hydrogen-bond acceptors (Lipinski definition) is 5. The average molecular weight is 358 g/mol. The summed E-state index contributed by atoms with van der Waals surface area (Å²) in [6.07, 6.45) is 5.69. The highest BCUT2D eigenvalue weighted by Gasteiger charge is 2.37. The molecule has 2 aliphatic rings. The van der Waals surface area contributed by atoms with E-state index in [-0.39, 0.29) is 30.6 Å². The van der Waals surface area contributed by atoms with Crippen molar-refractivity contribution in [3.8, 4) is 0 Å². The van der Waals surface area contributed by atoms with Crippen LogP contribution in [0.15, 0.2) is 24.4 Å². The number of rotatable bonds is 7. The zero-order valence-corrected chi connectivity index (χ0v) is 14.3. The number of urea groups is 1. The van der Waals surface area contributed by atoms with Crippen LogP contribution in [0, 0.1) is 5.92 Å². The summed E-state index contributed by atoms with van der Waals surface area (Å²) < 4.78 is 1.59. The van der Waals surface area contributed by atoms with Crippen molar-refractivity contribution in [2.24, 2.45) is 5.92 Å². The molecule has 9 heteroatoms. The van der Waals surface area contributed by atoms with Crippen LogP contribution in [0.3, 0.4) is 0 Å². The molecule has 138 valence electrons. The Balaban J connectivity index is 1.26. The van der Waals surface area contributed by atoms with E-state index >= 15 is 0 Å². The van der Waals surface area contributed by atoms with Gasteiger partial charge in [0.2, 0.25) is 0 Å². The average Bonchev–Trinajstić information content (AvgIpc) is 3.26. The Morgan fingerprint density at radius 3 is 2.81 bits per heavy atom. The summed E-state index contributed by atoms with van der Waals surface area (Å²) in [7, 11) is 0. The number of aromatic nitrogens is 3. The number of hydrogen-bond donors (Lipinski definition) is 3. The normalized spacial score (nSPS) is 22.2. The van der Waals surface area contributed by atoms with Crippen LogP contribution >= 0.6 is 0 Å². The van der Waals surface area contributed by atoms with E-state index in [4.69, 9.17) is 5.11 Å². The molecule has 0 radical (unpaired) electrons. The molecule has 26 heavy (non-hydrogen) atoms. The Bertz CT molecular complexity index is 779. The Hall–Kier alpha value is -2.68. The summed E-state index contributed by atoms with van der Waals surface area (Å²) in [5.74, 6) is 0.106. The summed E-state index contributed by atoms with van der Waals surface area (Å²) in [6.45, 7) is 0.923. The Labute approximate surface area is 150 Å². The first kappa shape index (κ1) is 16.8. The zero-order valence-electron chi connectivity index (χ0n) is 14.3. The lowest BCUT2D eigenvalue weighted by atomic mass is 9.85. The molecule has 9 nitrogen and oxygen atoms in total. The molecule has 3 N–H and O–H groups in total. The van der Waals surface area contributed by atoms with Crippen LogP contribution in [0.1, 0.15) is 25.7 Å². The van der Waals surface area contributed by atoms with Gasteiger partial charge in [-0.15, -0.1) is 5.10 Å². The topological polar surface area (TPSA) is 112 Å². The molecule has 2 fully saturated rings. The third-order valence-electron chi connectivity index (χ3n) is 4.96. The second kappa shape index (κ2) is 6.91. The molecule has 0 aliphatic heterocycles. The van der Waals surface area contributed by atoms with Crippen molar-refractivity contribution < 1.29 is 14.7 Å². The van der Waals surface area contributed by atoms with Gasteiger partial charge in [0.1, 0.15) is 0 Å². The van der Waals surface area contributed by atoms with Crippen molar-refractivity contribution in [2.75, 3.05) is 18.4 Å². The van der Waals surface area contributed by atoms with Crippen LogP contribution < -0.4 is 10.6 Å². The van der Waals surface area contributed by atoms with E-state index in [2.05, 4.69) is 20.7 Å². The second-order valence-corrected chi connectivity index (χ2v) is 7.13. The lowest BCUT2D eigenvalue weighted by molar-refractivity contribution is -0.139. The maximum Gasteiger partial charge on any atom is 0.321 e. The van der Waals surface area contributed by atoms with E-state index in [1.807, 2.05) is 23.1 Å². The lowest BCUT2D eigenvalue weighted by Crippen LogP contribution is -2.55. The summed E-state index contributed by atoms with van der Waals surface area (Å²) in [5.41, 5.74) is 0.663. The number of amides is 2. The Morgan fingerprint density at radius 2 is 2.12 bits per heavy atom. The smallest absolute Gasteiger partial charge is 0.321 e. The van der Waals surface area contributed by atoms with Crippen LogP contribution in [-0.4, -0.2) is 61.8 Å². The molecule has 2 aromatic heterocycles. The van der Waals surface area contributed by atoms with Gasteiger partial charge in [-0.25, -0.2) is 9.31 Å². The maximum absolute atomic E-state index is 12.1. The first-order valence-corrected chi connectivity index (χ1v) is 8.91. The molecule has 0 saturated heterocycles. The van der Waals surface area contributed by atoms with Gasteiger partial charge in [-0.05, 0) is 43.7 Å². The number of carboxylic acids is 1. The highest BCUT2D eigenvalue weighted by Crippen LogP contribution is 2.33. The zero-order chi connectivity index (χ0) is 18.1. The Morgan fingerprint density at radius 1 is 1.31 bits per heavy atom. The van der Waals surface area contributed by atoms with E-state index in [0.717, 1.165) is 19.4 Å². The molecule has 2 amide bonds. The van der Waals surface area contributed by atoms with E-state index < -0.39 is 5.97 Å². The highest BCUT2D eigenvalue weighted by atomic mass is 16.4. The predicted octanol–water partition coefficient (Wildman–Crippen LogP) is 1.18. The number of nitrogens with zero attached hydrogens (tertiary/aromatic N) is 4. The highest BCUT2D eigenvalue weighted by molar-refractivity contribution is 5.87. The fourth-order valence-corrected chi connectivity index (χ4v) is 3.36. The van der Waals surface area contributed by atoms with Gasteiger partial charge in [-0.3, -0.25) is 15.0 Å². The van der Waals surface area contributed by atoms with Crippen molar-refractivity contribution in [3.63, 3.8) is 0 Å². The molecule has 2 saturated carbocycles. The van der Waals surface area contributed by atoms with Crippen molar-refractivity contribution in [3.05, 3.63) is 24.4 Å². The minimum Gasteiger partial charge on any atom is -0.480 e. The van der Waals surface area contributed by atoms with Crippen LogP contribution in [0.25, 0.3) is 5.65 Å². The van der Waals surface area contributed by atoms with Gasteiger partial charge in [-0.1, -0.05) is 6.07 Å². The largest absolute Gasteiger partial charge is 0.480 e. The monoisotopic (exact) mass is 358 g/mol. The third-order valence-corrected chi connectivity index (χ3v) is 4.96. The number of nitrogens with one attached hydrogen (secondary N) is 2. The molecule has 0 bridgehead atoms. The lowest BCUT2D eigenvalue weighted by Gasteiger charge is -2.42. The minimum atomic E-state index is -0.794. The molecule has 2 aromatic rings. The van der Waals surface area contributed by atoms with E-state index in [9.17, 15) is 9.59 Å². The fraction of sp³-hybridized carbons (Fsp3) is 0.529. The van der Waals surface area contributed by atoms with Gasteiger partial charge in [-0.2, -0.15) is 4.98 Å². The number of pyridine rings is 1. The second-order valence-electron chi connectivity index (χ2n) is 7.13. The molecular weight excluding hydrogens is 336 g/mol. The van der Waals surface area contributed by atoms with Crippen molar-refractivity contribution >= 4 is 23.6 Å². The molecule has 0 aromatic carbocycles. The van der Waals surface area contributed by atoms with E-state index in [0.29, 0.717) is 11.6 Å². The van der Waals surface area contributed by atoms with E-state index in [1.54, 1.807) is 10.7 Å². The summed E-state index contributed by atoms with van der Waals surface area (Å²) in [4.78, 5) is 29.4. The molecule has 4 rings (SSSR count). The quantitative estimate of drug-likeness (QED) is 0.685. The summed E-state index contributed by atoms with van der Waals surface area (Å²) in [5, 5.41) is 18.8. The fourth-order valence-electron chi connectivity index (χ4n) is 3.36. The van der Waals surface area contributed by atoms with Crippen molar-refractivity contribution in [1.29, 1.82) is 0 Å². The molecule has 0 unspecified atom stereocenters. The summed E-state index contributed by atoms with van der Waals surface area (Å²) >= 11 is 0. The number of carbonyl (C=O) groups excluding carboxylic acids is 1. The van der Waals surface area contributed by atoms with Crippen molar-refractivity contribution in [2.45, 2.75) is 37.8 Å². The molecule has 2 heterocycles. The van der Waals surface area contributed by atoms with E-state index in [1.165, 1.54) is 12.8 Å². The first-order chi connectivity index (χ1) is 12.6. The first-order valence-electron chi connectivity index (χ1n) is 8.91. The van der Waals surface area contributed by atoms with Gasteiger partial charge in [0.15, 0.2) is 5.65 Å². The SMILES string of the molecule is O=C(O)CN(CC1CC1)C1CC(NC(=O)Nc2nc3ccccn3n2)C1. The number of fused-ring (bicyclic) bond motifs is 1. The van der Waals surface area contributed by atoms with Crippen molar-refractivity contribution in [1.82, 2.24) is 24.8 Å². The maximum atomic E-state index is 12.1. The standard InChI is InChI=1S/C17H22N6O3/c24-15(25)10-22(9-11-4-5-11)13-7-12(8-13)18-17(26)20-16-19-14-3-1-2-6-23(14)21-16/h1-3,6,11-13H,4-5,7-10H2,(H,24,25)(H2,18,20,21,26). The molecule has 2 aliphatic carbocycles. The number of aliphatic carboxylic acids is 1. The number of carbonyl (C=O) groups is 2. The van der Waals surface area contributed by atoms with Crippen LogP contribution in [0.5, 0.6) is 0 Å².